The van der Waals surface area contributed by atoms with Crippen LogP contribution >= 0.6 is 0 Å². The van der Waals surface area contributed by atoms with Crippen molar-refractivity contribution < 1.29 is 23.8 Å². The number of anilines is 2. The number of carbonyl (C=O) groups excluding carboxylic acids is 1. The van der Waals surface area contributed by atoms with E-state index >= 15 is 0 Å². The van der Waals surface area contributed by atoms with Gasteiger partial charge >= 0.3 is 0 Å². The Labute approximate surface area is 245 Å². The number of unbranched alkanes of at least 4 members (excludes halogenated alkanes) is 1. The van der Waals surface area contributed by atoms with Crippen LogP contribution < -0.4 is 25.8 Å². The molecule has 4 N–H and O–H groups in total. The third-order valence-corrected chi connectivity index (χ3v) is 6.36. The van der Waals surface area contributed by atoms with Gasteiger partial charge in [-0.3, -0.25) is 9.63 Å². The second-order valence-corrected chi connectivity index (χ2v) is 9.34. The second kappa shape index (κ2) is 15.1. The Hall–Kier alpha value is -5.03. The summed E-state index contributed by atoms with van der Waals surface area (Å²) in [5, 5.41) is 7.59. The van der Waals surface area contributed by atoms with E-state index in [1.807, 2.05) is 48.5 Å². The Morgan fingerprint density at radius 1 is 0.952 bits per heavy atom. The van der Waals surface area contributed by atoms with Crippen LogP contribution in [-0.4, -0.2) is 48.2 Å². The highest BCUT2D eigenvalue weighted by atomic mass is 16.7. The van der Waals surface area contributed by atoms with E-state index < -0.39 is 0 Å². The molecule has 1 amide bonds. The van der Waals surface area contributed by atoms with Gasteiger partial charge in [0.25, 0.3) is 5.91 Å². The van der Waals surface area contributed by atoms with Crippen molar-refractivity contribution in [1.29, 1.82) is 0 Å². The van der Waals surface area contributed by atoms with Gasteiger partial charge < -0.3 is 30.6 Å². The minimum Gasteiger partial charge on any atom is -0.497 e. The molecule has 42 heavy (non-hydrogen) atoms. The van der Waals surface area contributed by atoms with Gasteiger partial charge in [-0.2, -0.15) is 0 Å². The van der Waals surface area contributed by atoms with Crippen LogP contribution in [0.1, 0.15) is 24.0 Å². The summed E-state index contributed by atoms with van der Waals surface area (Å²) < 4.78 is 16.5. The minimum absolute atomic E-state index is 0.224. The Kier molecular flexibility index (Phi) is 10.8. The van der Waals surface area contributed by atoms with Gasteiger partial charge in [-0.1, -0.05) is 30.8 Å². The molecule has 0 radical (unpaired) electrons. The zero-order valence-electron chi connectivity index (χ0n) is 23.8. The number of methoxy groups -OCH3 is 2. The molecule has 1 aliphatic rings. The summed E-state index contributed by atoms with van der Waals surface area (Å²) in [6.07, 6.45) is 7.89. The lowest BCUT2D eigenvalue weighted by molar-refractivity contribution is -0.136. The fraction of sp³-hybridized carbons (Fsp3) is 0.258. The average molecular weight is 573 g/mol. The highest BCUT2D eigenvalue weighted by Crippen LogP contribution is 2.26. The number of nitrogens with zero attached hydrogens (tertiary/aromatic N) is 3. The SMILES string of the molecule is C=C1C=C(C(=O)NCCCCNc2cncnc2N)N(OCc2ccc(OC)cc2)C=C1OCc1ccc(OC)cc1. The third kappa shape index (κ3) is 8.48. The van der Waals surface area contributed by atoms with Crippen molar-refractivity contribution in [2.75, 3.05) is 38.4 Å². The van der Waals surface area contributed by atoms with Crippen LogP contribution in [0.5, 0.6) is 11.5 Å². The molecular weight excluding hydrogens is 536 g/mol. The first-order chi connectivity index (χ1) is 20.5. The van der Waals surface area contributed by atoms with E-state index in [4.69, 9.17) is 24.8 Å². The van der Waals surface area contributed by atoms with Crippen LogP contribution in [-0.2, 0) is 27.6 Å². The molecule has 0 saturated heterocycles. The number of nitrogen functional groups attached to an aromatic ring is 1. The van der Waals surface area contributed by atoms with Crippen LogP contribution in [0.4, 0.5) is 11.5 Å². The molecular formula is C31H36N6O5. The van der Waals surface area contributed by atoms with Crippen molar-refractivity contribution in [1.82, 2.24) is 20.3 Å². The zero-order valence-corrected chi connectivity index (χ0v) is 23.8. The highest BCUT2D eigenvalue weighted by Gasteiger charge is 2.24. The number of amides is 1. The van der Waals surface area contributed by atoms with E-state index in [-0.39, 0.29) is 12.5 Å². The smallest absolute Gasteiger partial charge is 0.270 e. The first kappa shape index (κ1) is 29.9. The third-order valence-electron chi connectivity index (χ3n) is 6.36. The normalized spacial score (nSPS) is 12.7. The lowest BCUT2D eigenvalue weighted by Gasteiger charge is -2.27. The number of carbonyl (C=O) groups is 1. The summed E-state index contributed by atoms with van der Waals surface area (Å²) >= 11 is 0. The summed E-state index contributed by atoms with van der Waals surface area (Å²) in [5.41, 5.74) is 9.25. The molecule has 0 aliphatic carbocycles. The molecule has 2 aromatic carbocycles. The van der Waals surface area contributed by atoms with Crippen molar-refractivity contribution in [3.8, 4) is 11.5 Å². The number of hydrogen-bond acceptors (Lipinski definition) is 10. The van der Waals surface area contributed by atoms with Crippen LogP contribution in [0.2, 0.25) is 0 Å². The maximum Gasteiger partial charge on any atom is 0.270 e. The fourth-order valence-electron chi connectivity index (χ4n) is 3.95. The summed E-state index contributed by atoms with van der Waals surface area (Å²) in [6, 6.07) is 15.1. The molecule has 4 rings (SSSR count). The number of hydroxylamine groups is 2. The Morgan fingerprint density at radius 2 is 1.60 bits per heavy atom. The number of hydrogen-bond donors (Lipinski definition) is 3. The summed E-state index contributed by atoms with van der Waals surface area (Å²) in [6.45, 7) is 5.78. The van der Waals surface area contributed by atoms with E-state index in [1.165, 1.54) is 11.4 Å². The van der Waals surface area contributed by atoms with Gasteiger partial charge in [-0.25, -0.2) is 15.0 Å². The van der Waals surface area contributed by atoms with E-state index in [1.54, 1.807) is 32.7 Å². The lowest BCUT2D eigenvalue weighted by Crippen LogP contribution is -2.35. The number of ether oxygens (including phenoxy) is 3. The molecule has 0 saturated carbocycles. The Bertz CT molecular complexity index is 1410. The Morgan fingerprint density at radius 3 is 2.24 bits per heavy atom. The average Bonchev–Trinajstić information content (AvgIpc) is 3.02. The van der Waals surface area contributed by atoms with Gasteiger partial charge in [0.15, 0.2) is 0 Å². The van der Waals surface area contributed by atoms with Crippen molar-refractivity contribution in [2.24, 2.45) is 0 Å². The molecule has 1 aliphatic heterocycles. The summed E-state index contributed by atoms with van der Waals surface area (Å²) in [4.78, 5) is 27.2. The first-order valence-corrected chi connectivity index (χ1v) is 13.5. The summed E-state index contributed by atoms with van der Waals surface area (Å²) in [7, 11) is 3.24. The minimum atomic E-state index is -0.287. The lowest BCUT2D eigenvalue weighted by atomic mass is 10.1. The van der Waals surface area contributed by atoms with Crippen molar-refractivity contribution >= 4 is 17.4 Å². The van der Waals surface area contributed by atoms with Gasteiger partial charge in [0.1, 0.15) is 48.3 Å². The molecule has 3 aromatic rings. The van der Waals surface area contributed by atoms with Gasteiger partial charge in [-0.05, 0) is 54.3 Å². The number of nitrogens with two attached hydrogens (primary N) is 1. The van der Waals surface area contributed by atoms with Crippen molar-refractivity contribution in [2.45, 2.75) is 26.1 Å². The maximum absolute atomic E-state index is 13.2. The van der Waals surface area contributed by atoms with Gasteiger partial charge in [0.2, 0.25) is 0 Å². The molecule has 0 atom stereocenters. The molecule has 0 fully saturated rings. The van der Waals surface area contributed by atoms with Gasteiger partial charge in [0.05, 0.1) is 32.3 Å². The van der Waals surface area contributed by atoms with Crippen LogP contribution in [0.3, 0.4) is 0 Å². The van der Waals surface area contributed by atoms with Crippen LogP contribution in [0.25, 0.3) is 0 Å². The van der Waals surface area contributed by atoms with E-state index in [0.717, 1.165) is 35.5 Å². The molecule has 0 unspecified atom stereocenters. The molecule has 2 heterocycles. The van der Waals surface area contributed by atoms with Crippen LogP contribution in [0, 0.1) is 0 Å². The predicted octanol–water partition coefficient (Wildman–Crippen LogP) is 4.33. The van der Waals surface area contributed by atoms with Crippen molar-refractivity contribution in [3.63, 3.8) is 0 Å². The monoisotopic (exact) mass is 572 g/mol. The first-order valence-electron chi connectivity index (χ1n) is 13.5. The molecule has 220 valence electrons. The standard InChI is InChI=1S/C31H36N6O5/c1-22-16-28(31(38)35-15-5-4-14-34-27-17-33-21-36-30(27)32)37(42-20-24-8-12-26(40-3)13-9-24)18-29(22)41-19-23-6-10-25(39-2)11-7-23/h6-13,16-18,21,34H,1,4-5,14-15,19-20H2,2-3H3,(H,35,38)(H2,32,33,36). The molecule has 11 heteroatoms. The van der Waals surface area contributed by atoms with Gasteiger partial charge in [0, 0.05) is 18.7 Å². The van der Waals surface area contributed by atoms with E-state index in [2.05, 4.69) is 27.2 Å². The highest BCUT2D eigenvalue weighted by molar-refractivity contribution is 5.93. The molecule has 0 bridgehead atoms. The number of benzene rings is 2. The molecule has 0 spiro atoms. The van der Waals surface area contributed by atoms with E-state index in [9.17, 15) is 4.79 Å². The second-order valence-electron chi connectivity index (χ2n) is 9.34. The topological polar surface area (TPSA) is 133 Å². The van der Waals surface area contributed by atoms with Gasteiger partial charge in [-0.15, -0.1) is 0 Å². The fourth-order valence-corrected chi connectivity index (χ4v) is 3.95. The number of aromatic nitrogens is 2. The maximum atomic E-state index is 13.2. The molecule has 1 aromatic heterocycles. The largest absolute Gasteiger partial charge is 0.497 e. The zero-order chi connectivity index (χ0) is 29.7. The summed E-state index contributed by atoms with van der Waals surface area (Å²) in [5.74, 6) is 2.12. The number of rotatable bonds is 15. The van der Waals surface area contributed by atoms with Crippen LogP contribution in [0.15, 0.2) is 96.9 Å². The number of allylic oxidation sites excluding steroid dienone is 1. The predicted molar refractivity (Wildman–Crippen MR) is 160 cm³/mol. The number of nitrogens with one attached hydrogen (secondary N) is 2. The van der Waals surface area contributed by atoms with E-state index in [0.29, 0.717) is 48.2 Å². The quantitative estimate of drug-likeness (QED) is 0.226. The Balaban J connectivity index is 1.35. The molecule has 11 nitrogen and oxygen atoms in total. The van der Waals surface area contributed by atoms with Crippen molar-refractivity contribution in [3.05, 3.63) is 108 Å².